The van der Waals surface area contributed by atoms with Crippen LogP contribution < -0.4 is 10.1 Å². The monoisotopic (exact) mass is 484 g/mol. The second-order valence-electron chi connectivity index (χ2n) is 7.90. The predicted molar refractivity (Wildman–Crippen MR) is 117 cm³/mol. The highest BCUT2D eigenvalue weighted by molar-refractivity contribution is 7.89. The molecule has 2 aromatic carbocycles. The van der Waals surface area contributed by atoms with Crippen molar-refractivity contribution in [3.8, 4) is 5.75 Å². The van der Waals surface area contributed by atoms with Crippen molar-refractivity contribution >= 4 is 15.9 Å². The van der Waals surface area contributed by atoms with Crippen molar-refractivity contribution in [2.45, 2.75) is 43.8 Å². The predicted octanol–water partition coefficient (Wildman–Crippen LogP) is 4.38. The van der Waals surface area contributed by atoms with Gasteiger partial charge in [-0.3, -0.25) is 4.79 Å². The molecule has 1 amide bonds. The normalized spacial score (nSPS) is 16.9. The first-order valence-electron chi connectivity index (χ1n) is 10.7. The molecule has 33 heavy (non-hydrogen) atoms. The Morgan fingerprint density at radius 1 is 1.12 bits per heavy atom. The SMILES string of the molecule is CCOc1ccc(C(C)NC(=O)C2CCN(S(=O)(=O)c3ccccc3C(F)(F)F)CC2)cc1. The maximum absolute atomic E-state index is 13.3. The Bertz CT molecular complexity index is 1060. The van der Waals surface area contributed by atoms with E-state index in [1.54, 1.807) is 0 Å². The molecule has 0 saturated carbocycles. The number of piperidine rings is 1. The van der Waals surface area contributed by atoms with Crippen LogP contribution in [0.4, 0.5) is 13.2 Å². The van der Waals surface area contributed by atoms with Gasteiger partial charge in [0.2, 0.25) is 15.9 Å². The number of halogens is 3. The summed E-state index contributed by atoms with van der Waals surface area (Å²) in [4.78, 5) is 12.0. The van der Waals surface area contributed by atoms with Crippen molar-refractivity contribution in [1.29, 1.82) is 0 Å². The third-order valence-electron chi connectivity index (χ3n) is 5.68. The van der Waals surface area contributed by atoms with Gasteiger partial charge in [0.05, 0.1) is 23.1 Å². The minimum atomic E-state index is -4.78. The van der Waals surface area contributed by atoms with Crippen LogP contribution in [-0.2, 0) is 21.0 Å². The molecule has 1 N–H and O–H groups in total. The Morgan fingerprint density at radius 3 is 2.30 bits per heavy atom. The maximum atomic E-state index is 13.3. The van der Waals surface area contributed by atoms with E-state index in [2.05, 4.69) is 5.32 Å². The van der Waals surface area contributed by atoms with Crippen LogP contribution in [0.25, 0.3) is 0 Å². The zero-order valence-corrected chi connectivity index (χ0v) is 19.2. The van der Waals surface area contributed by atoms with Crippen molar-refractivity contribution in [3.63, 3.8) is 0 Å². The van der Waals surface area contributed by atoms with Crippen molar-refractivity contribution in [2.24, 2.45) is 5.92 Å². The molecule has 0 radical (unpaired) electrons. The Morgan fingerprint density at radius 2 is 1.73 bits per heavy atom. The Balaban J connectivity index is 1.62. The molecule has 2 aromatic rings. The molecule has 1 saturated heterocycles. The molecule has 180 valence electrons. The zero-order chi connectivity index (χ0) is 24.2. The molecule has 0 aliphatic carbocycles. The van der Waals surface area contributed by atoms with E-state index in [0.717, 1.165) is 33.8 Å². The molecule has 1 heterocycles. The van der Waals surface area contributed by atoms with Crippen LogP contribution in [0.2, 0.25) is 0 Å². The molecule has 10 heteroatoms. The highest BCUT2D eigenvalue weighted by Gasteiger charge is 2.40. The van der Waals surface area contributed by atoms with Gasteiger partial charge in [0.15, 0.2) is 0 Å². The van der Waals surface area contributed by atoms with Gasteiger partial charge in [-0.15, -0.1) is 0 Å². The quantitative estimate of drug-likeness (QED) is 0.633. The molecule has 0 bridgehead atoms. The van der Waals surface area contributed by atoms with E-state index in [1.165, 1.54) is 6.07 Å². The number of carbonyl (C=O) groups is 1. The molecule has 1 atom stereocenters. The largest absolute Gasteiger partial charge is 0.494 e. The van der Waals surface area contributed by atoms with Gasteiger partial charge < -0.3 is 10.1 Å². The Kier molecular flexibility index (Phi) is 7.69. The number of hydrogen-bond acceptors (Lipinski definition) is 4. The van der Waals surface area contributed by atoms with Crippen LogP contribution in [-0.4, -0.2) is 38.3 Å². The first kappa shape index (κ1) is 25.0. The van der Waals surface area contributed by atoms with E-state index in [1.807, 2.05) is 38.1 Å². The number of amides is 1. The summed E-state index contributed by atoms with van der Waals surface area (Å²) in [6.07, 6.45) is -4.32. The molecule has 1 aliphatic heterocycles. The molecule has 0 spiro atoms. The van der Waals surface area contributed by atoms with Crippen LogP contribution in [0.3, 0.4) is 0 Å². The fourth-order valence-corrected chi connectivity index (χ4v) is 5.54. The second kappa shape index (κ2) is 10.1. The Labute approximate surface area is 191 Å². The van der Waals surface area contributed by atoms with Gasteiger partial charge in [0.1, 0.15) is 5.75 Å². The third kappa shape index (κ3) is 5.86. The van der Waals surface area contributed by atoms with Crippen molar-refractivity contribution in [1.82, 2.24) is 9.62 Å². The molecule has 6 nitrogen and oxygen atoms in total. The van der Waals surface area contributed by atoms with Gasteiger partial charge in [-0.1, -0.05) is 24.3 Å². The summed E-state index contributed by atoms with van der Waals surface area (Å²) in [5, 5.41) is 2.94. The molecule has 1 unspecified atom stereocenters. The summed E-state index contributed by atoms with van der Waals surface area (Å²) >= 11 is 0. The van der Waals surface area contributed by atoms with Gasteiger partial charge in [-0.05, 0) is 56.5 Å². The minimum absolute atomic E-state index is 0.0238. The van der Waals surface area contributed by atoms with Gasteiger partial charge in [0.25, 0.3) is 0 Å². The van der Waals surface area contributed by atoms with E-state index in [9.17, 15) is 26.4 Å². The number of sulfonamides is 1. The number of rotatable bonds is 7. The van der Waals surface area contributed by atoms with Gasteiger partial charge in [-0.25, -0.2) is 8.42 Å². The van der Waals surface area contributed by atoms with E-state index in [4.69, 9.17) is 4.74 Å². The second-order valence-corrected chi connectivity index (χ2v) is 9.81. The third-order valence-corrected chi connectivity index (χ3v) is 7.64. The molecule has 1 fully saturated rings. The number of nitrogens with one attached hydrogen (secondary N) is 1. The van der Waals surface area contributed by atoms with Crippen molar-refractivity contribution in [2.75, 3.05) is 19.7 Å². The van der Waals surface area contributed by atoms with Crippen LogP contribution >= 0.6 is 0 Å². The van der Waals surface area contributed by atoms with Gasteiger partial charge in [0, 0.05) is 19.0 Å². The average Bonchev–Trinajstić information content (AvgIpc) is 2.79. The van der Waals surface area contributed by atoms with Gasteiger partial charge in [-0.2, -0.15) is 17.5 Å². The summed E-state index contributed by atoms with van der Waals surface area (Å²) in [5.41, 5.74) is -0.287. The first-order valence-corrected chi connectivity index (χ1v) is 12.2. The summed E-state index contributed by atoms with van der Waals surface area (Å²) < 4.78 is 72.1. The zero-order valence-electron chi connectivity index (χ0n) is 18.4. The number of hydrogen-bond donors (Lipinski definition) is 1. The molecule has 0 aromatic heterocycles. The van der Waals surface area contributed by atoms with Crippen LogP contribution in [0.5, 0.6) is 5.75 Å². The Hall–Kier alpha value is -2.59. The first-order chi connectivity index (χ1) is 15.5. The van der Waals surface area contributed by atoms with E-state index >= 15 is 0 Å². The number of nitrogens with zero attached hydrogens (tertiary/aromatic N) is 1. The maximum Gasteiger partial charge on any atom is 0.417 e. The summed E-state index contributed by atoms with van der Waals surface area (Å²) in [5.74, 6) is 0.115. The number of benzene rings is 2. The lowest BCUT2D eigenvalue weighted by Gasteiger charge is -2.31. The average molecular weight is 485 g/mol. The molecular formula is C23H27F3N2O4S. The molecule has 1 aliphatic rings. The number of ether oxygens (including phenoxy) is 1. The summed E-state index contributed by atoms with van der Waals surface area (Å²) in [6, 6.07) is 11.3. The van der Waals surface area contributed by atoms with Crippen LogP contribution in [0.15, 0.2) is 53.4 Å². The lowest BCUT2D eigenvalue weighted by molar-refractivity contribution is -0.139. The highest BCUT2D eigenvalue weighted by Crippen LogP contribution is 2.36. The highest BCUT2D eigenvalue weighted by atomic mass is 32.2. The van der Waals surface area contributed by atoms with E-state index < -0.39 is 32.6 Å². The topological polar surface area (TPSA) is 75.7 Å². The van der Waals surface area contributed by atoms with E-state index in [0.29, 0.717) is 6.61 Å². The lowest BCUT2D eigenvalue weighted by Crippen LogP contribution is -2.43. The summed E-state index contributed by atoms with van der Waals surface area (Å²) in [7, 11) is -4.33. The van der Waals surface area contributed by atoms with Crippen molar-refractivity contribution < 1.29 is 31.1 Å². The fraction of sp³-hybridized carbons (Fsp3) is 0.435. The number of carbonyl (C=O) groups excluding carboxylic acids is 1. The fourth-order valence-electron chi connectivity index (χ4n) is 3.86. The molecule has 3 rings (SSSR count). The number of alkyl halides is 3. The lowest BCUT2D eigenvalue weighted by atomic mass is 9.96. The smallest absolute Gasteiger partial charge is 0.417 e. The standard InChI is InChI=1S/C23H27F3N2O4S/c1-3-32-19-10-8-17(9-11-19)16(2)27-22(29)18-12-14-28(15-13-18)33(30,31)21-7-5-4-6-20(21)23(24,25)26/h4-11,16,18H,3,12-15H2,1-2H3,(H,27,29). The summed E-state index contributed by atoms with van der Waals surface area (Å²) in [6.45, 7) is 4.25. The van der Waals surface area contributed by atoms with Crippen LogP contribution in [0, 0.1) is 5.92 Å². The minimum Gasteiger partial charge on any atom is -0.494 e. The molecular weight excluding hydrogens is 457 g/mol. The van der Waals surface area contributed by atoms with Gasteiger partial charge >= 0.3 is 6.18 Å². The van der Waals surface area contributed by atoms with Crippen LogP contribution in [0.1, 0.15) is 43.9 Å². The van der Waals surface area contributed by atoms with Crippen molar-refractivity contribution in [3.05, 3.63) is 59.7 Å². The van der Waals surface area contributed by atoms with E-state index in [-0.39, 0.29) is 37.9 Å².